The maximum absolute atomic E-state index is 13.5. The van der Waals surface area contributed by atoms with Crippen molar-refractivity contribution in [3.05, 3.63) is 76.7 Å². The second-order valence-corrected chi connectivity index (χ2v) is 7.68. The molecule has 6 nitrogen and oxygen atoms in total. The zero-order valence-electron chi connectivity index (χ0n) is 17.3. The number of fused-ring (bicyclic) bond motifs is 5. The Kier molecular flexibility index (Phi) is 4.36. The van der Waals surface area contributed by atoms with Gasteiger partial charge in [0.15, 0.2) is 6.61 Å². The van der Waals surface area contributed by atoms with Gasteiger partial charge in [0.1, 0.15) is 5.75 Å². The predicted octanol–water partition coefficient (Wildman–Crippen LogP) is 4.26. The molecule has 0 N–H and O–H groups in total. The van der Waals surface area contributed by atoms with Crippen molar-refractivity contribution in [1.29, 1.82) is 0 Å². The maximum atomic E-state index is 13.5. The lowest BCUT2D eigenvalue weighted by Crippen LogP contribution is -2.14. The summed E-state index contributed by atoms with van der Waals surface area (Å²) >= 11 is 0. The van der Waals surface area contributed by atoms with Gasteiger partial charge in [-0.05, 0) is 37.6 Å². The number of pyridine rings is 2. The van der Waals surface area contributed by atoms with Crippen molar-refractivity contribution in [2.75, 3.05) is 13.7 Å². The number of hydrogen-bond donors (Lipinski definition) is 0. The highest BCUT2D eigenvalue weighted by Crippen LogP contribution is 2.38. The number of allylic oxidation sites excluding steroid dienone is 1. The number of benzene rings is 2. The molecule has 0 radical (unpaired) electrons. The van der Waals surface area contributed by atoms with Crippen LogP contribution in [0.15, 0.2) is 65.6 Å². The van der Waals surface area contributed by atoms with Crippen molar-refractivity contribution < 1.29 is 14.3 Å². The summed E-state index contributed by atoms with van der Waals surface area (Å²) in [6.07, 6.45) is 2.31. The van der Waals surface area contributed by atoms with Crippen LogP contribution in [0, 0.1) is 0 Å². The van der Waals surface area contributed by atoms with E-state index in [1.807, 2.05) is 43.3 Å². The Morgan fingerprint density at radius 2 is 1.87 bits per heavy atom. The fraction of sp³-hybridized carbons (Fsp3) is 0.160. The first kappa shape index (κ1) is 19.1. The average molecular weight is 412 g/mol. The quantitative estimate of drug-likeness (QED) is 0.245. The van der Waals surface area contributed by atoms with Gasteiger partial charge in [-0.2, -0.15) is 0 Å². The third-order valence-corrected chi connectivity index (χ3v) is 5.57. The van der Waals surface area contributed by atoms with Crippen LogP contribution in [0.5, 0.6) is 5.75 Å². The van der Waals surface area contributed by atoms with Gasteiger partial charge in [0.2, 0.25) is 0 Å². The van der Waals surface area contributed by atoms with Crippen LogP contribution < -0.4 is 10.3 Å². The van der Waals surface area contributed by atoms with Crippen molar-refractivity contribution in [2.45, 2.75) is 13.3 Å². The smallest absolute Gasteiger partial charge is 0.343 e. The van der Waals surface area contributed by atoms with Crippen molar-refractivity contribution in [2.24, 2.45) is 0 Å². The second-order valence-electron chi connectivity index (χ2n) is 7.68. The van der Waals surface area contributed by atoms with E-state index in [2.05, 4.69) is 11.6 Å². The Hall–Kier alpha value is -3.93. The average Bonchev–Trinajstić information content (AvgIpc) is 3.12. The van der Waals surface area contributed by atoms with Gasteiger partial charge in [-0.25, -0.2) is 4.79 Å². The largest absolute Gasteiger partial charge is 0.482 e. The third-order valence-electron chi connectivity index (χ3n) is 5.57. The highest BCUT2D eigenvalue weighted by Gasteiger charge is 2.22. The van der Waals surface area contributed by atoms with Crippen LogP contribution in [-0.4, -0.2) is 29.1 Å². The topological polar surface area (TPSA) is 69.9 Å². The standard InChI is InChI=1S/C25H20N2O4/c1-14(2)12-18-20(31-13-21(28)30-3)9-8-19-22(18)17-10-11-26-23-15-6-4-5-7-16(15)25(29)27(19)24(17)23/h4-11H,1,12-13H2,2-3H3. The number of carbonyl (C=O) groups excluding carboxylic acids is 1. The van der Waals surface area contributed by atoms with Gasteiger partial charge in [0, 0.05) is 33.3 Å². The summed E-state index contributed by atoms with van der Waals surface area (Å²) in [6.45, 7) is 5.81. The molecule has 0 fully saturated rings. The number of ether oxygens (including phenoxy) is 2. The Bertz CT molecular complexity index is 1570. The first-order valence-electron chi connectivity index (χ1n) is 9.94. The first-order chi connectivity index (χ1) is 15.0. The van der Waals surface area contributed by atoms with Crippen LogP contribution >= 0.6 is 0 Å². The van der Waals surface area contributed by atoms with E-state index in [-0.39, 0.29) is 12.2 Å². The van der Waals surface area contributed by atoms with Crippen LogP contribution in [0.2, 0.25) is 0 Å². The van der Waals surface area contributed by atoms with Gasteiger partial charge >= 0.3 is 5.97 Å². The molecule has 0 aliphatic rings. The number of carbonyl (C=O) groups is 1. The van der Waals surface area contributed by atoms with E-state index in [0.29, 0.717) is 17.6 Å². The summed E-state index contributed by atoms with van der Waals surface area (Å²) < 4.78 is 12.2. The van der Waals surface area contributed by atoms with E-state index in [0.717, 1.165) is 43.8 Å². The summed E-state index contributed by atoms with van der Waals surface area (Å²) in [7, 11) is 1.32. The van der Waals surface area contributed by atoms with E-state index in [9.17, 15) is 9.59 Å². The summed E-state index contributed by atoms with van der Waals surface area (Å²) in [5.41, 5.74) is 4.09. The minimum Gasteiger partial charge on any atom is -0.482 e. The molecule has 0 aliphatic carbocycles. The molecular weight excluding hydrogens is 392 g/mol. The van der Waals surface area contributed by atoms with E-state index < -0.39 is 5.97 Å². The van der Waals surface area contributed by atoms with Crippen molar-refractivity contribution in [1.82, 2.24) is 9.38 Å². The normalized spacial score (nSPS) is 11.5. The van der Waals surface area contributed by atoms with Crippen LogP contribution in [-0.2, 0) is 16.0 Å². The SMILES string of the molecule is C=C(C)Cc1c(OCC(=O)OC)ccc2c1c1ccnc3c4ccccc4c(=O)n2c13. The van der Waals surface area contributed by atoms with E-state index in [1.54, 1.807) is 16.7 Å². The molecule has 0 atom stereocenters. The summed E-state index contributed by atoms with van der Waals surface area (Å²) in [4.78, 5) is 29.7. The number of methoxy groups -OCH3 is 1. The zero-order valence-corrected chi connectivity index (χ0v) is 17.3. The van der Waals surface area contributed by atoms with Crippen LogP contribution in [0.1, 0.15) is 12.5 Å². The molecule has 6 heteroatoms. The lowest BCUT2D eigenvalue weighted by atomic mass is 9.99. The number of hydrogen-bond acceptors (Lipinski definition) is 5. The van der Waals surface area contributed by atoms with Gasteiger partial charge in [0.25, 0.3) is 5.56 Å². The highest BCUT2D eigenvalue weighted by atomic mass is 16.6. The summed E-state index contributed by atoms with van der Waals surface area (Å²) in [5.74, 6) is 0.112. The molecule has 0 amide bonds. The molecule has 0 spiro atoms. The van der Waals surface area contributed by atoms with Crippen molar-refractivity contribution in [3.63, 3.8) is 0 Å². The Morgan fingerprint density at radius 1 is 1.10 bits per heavy atom. The second kappa shape index (κ2) is 7.09. The molecule has 31 heavy (non-hydrogen) atoms. The fourth-order valence-electron chi connectivity index (χ4n) is 4.32. The van der Waals surface area contributed by atoms with Gasteiger partial charge in [0.05, 0.1) is 23.7 Å². The lowest BCUT2D eigenvalue weighted by Gasteiger charge is -2.13. The molecule has 154 valence electrons. The molecule has 5 aromatic rings. The minimum atomic E-state index is -0.459. The molecule has 0 aliphatic heterocycles. The van der Waals surface area contributed by atoms with Gasteiger partial charge in [-0.3, -0.25) is 14.2 Å². The molecule has 5 rings (SSSR count). The summed E-state index contributed by atoms with van der Waals surface area (Å²) in [6, 6.07) is 13.1. The van der Waals surface area contributed by atoms with Crippen LogP contribution in [0.3, 0.4) is 0 Å². The van der Waals surface area contributed by atoms with Crippen LogP contribution in [0.4, 0.5) is 0 Å². The summed E-state index contributed by atoms with van der Waals surface area (Å²) in [5, 5.41) is 3.28. The van der Waals surface area contributed by atoms with E-state index in [4.69, 9.17) is 9.47 Å². The maximum Gasteiger partial charge on any atom is 0.343 e. The van der Waals surface area contributed by atoms with E-state index in [1.165, 1.54) is 7.11 Å². The Morgan fingerprint density at radius 3 is 2.61 bits per heavy atom. The van der Waals surface area contributed by atoms with Crippen molar-refractivity contribution in [3.8, 4) is 5.75 Å². The Balaban J connectivity index is 1.93. The van der Waals surface area contributed by atoms with Gasteiger partial charge in [-0.15, -0.1) is 0 Å². The fourth-order valence-corrected chi connectivity index (χ4v) is 4.32. The number of rotatable bonds is 5. The molecule has 3 aromatic heterocycles. The highest BCUT2D eigenvalue weighted by molar-refractivity contribution is 6.19. The third kappa shape index (κ3) is 2.83. The molecule has 3 heterocycles. The zero-order chi connectivity index (χ0) is 21.7. The molecule has 0 unspecified atom stereocenters. The number of nitrogens with zero attached hydrogens (tertiary/aromatic N) is 2. The first-order valence-corrected chi connectivity index (χ1v) is 9.94. The number of aromatic nitrogens is 2. The van der Waals surface area contributed by atoms with Crippen molar-refractivity contribution >= 4 is 44.1 Å². The van der Waals surface area contributed by atoms with Crippen LogP contribution in [0.25, 0.3) is 38.1 Å². The molecule has 0 saturated carbocycles. The van der Waals surface area contributed by atoms with E-state index >= 15 is 0 Å². The molecule has 2 aromatic carbocycles. The monoisotopic (exact) mass is 412 g/mol. The molecule has 0 bridgehead atoms. The molecular formula is C25H20N2O4. The molecule has 0 saturated heterocycles. The lowest BCUT2D eigenvalue weighted by molar-refractivity contribution is -0.142. The van der Waals surface area contributed by atoms with Gasteiger partial charge in [-0.1, -0.05) is 30.4 Å². The predicted molar refractivity (Wildman–Crippen MR) is 121 cm³/mol. The minimum absolute atomic E-state index is 0.0828. The van der Waals surface area contributed by atoms with Gasteiger partial charge < -0.3 is 9.47 Å². The Labute approximate surface area is 177 Å². The number of esters is 1.